The van der Waals surface area contributed by atoms with E-state index in [-0.39, 0.29) is 5.60 Å². The van der Waals surface area contributed by atoms with Gasteiger partial charge in [-0.1, -0.05) is 12.2 Å². The molecule has 1 unspecified atom stereocenters. The molecule has 4 rings (SSSR count). The number of methoxy groups -OCH3 is 1. The molecule has 1 aliphatic heterocycles. The Morgan fingerprint density at radius 2 is 2.12 bits per heavy atom. The minimum atomic E-state index is -0.0739. The van der Waals surface area contributed by atoms with Crippen molar-refractivity contribution in [2.75, 3.05) is 25.1 Å². The Hall–Kier alpha value is -2.08. The lowest BCUT2D eigenvalue weighted by atomic mass is 9.94. The number of anilines is 1. The summed E-state index contributed by atoms with van der Waals surface area (Å²) in [6, 6.07) is 4.17. The highest BCUT2D eigenvalue weighted by atomic mass is 16.5. The van der Waals surface area contributed by atoms with Gasteiger partial charge in [-0.05, 0) is 44.2 Å². The zero-order chi connectivity index (χ0) is 17.4. The van der Waals surface area contributed by atoms with E-state index in [1.807, 2.05) is 0 Å². The molecule has 134 valence electrons. The number of ether oxygens (including phenoxy) is 1. The van der Waals surface area contributed by atoms with E-state index in [0.29, 0.717) is 5.92 Å². The average Bonchev–Trinajstić information content (AvgIpc) is 3.19. The monoisotopic (exact) mass is 341 g/mol. The topological polar surface area (TPSA) is 48.1 Å². The van der Waals surface area contributed by atoms with Crippen LogP contribution < -0.4 is 4.90 Å². The third-order valence-corrected chi connectivity index (χ3v) is 5.55. The average molecular weight is 341 g/mol. The minimum Gasteiger partial charge on any atom is -0.375 e. The molecule has 0 spiro atoms. The molecule has 0 saturated carbocycles. The summed E-state index contributed by atoms with van der Waals surface area (Å²) in [7, 11) is 3.84. The van der Waals surface area contributed by atoms with E-state index in [9.17, 15) is 0 Å². The molecule has 0 N–H and O–H groups in total. The standard InChI is InChI=1S/C19H27N5O/c1-19(25-3)13-23(14-19)18-21-20-17(16-10-7-11-22(16)2)24(18)12-15-8-5-4-6-9-15/h4-5,7,10-11,15H,6,8-9,12-14H2,1-3H3. The van der Waals surface area contributed by atoms with Gasteiger partial charge in [0, 0.05) is 26.9 Å². The van der Waals surface area contributed by atoms with Gasteiger partial charge < -0.3 is 14.2 Å². The maximum atomic E-state index is 5.60. The Kier molecular flexibility index (Phi) is 4.15. The third kappa shape index (κ3) is 2.99. The first-order valence-electron chi connectivity index (χ1n) is 9.10. The number of nitrogens with zero attached hydrogens (tertiary/aromatic N) is 5. The van der Waals surface area contributed by atoms with Gasteiger partial charge in [-0.3, -0.25) is 4.57 Å². The van der Waals surface area contributed by atoms with Crippen molar-refractivity contribution in [3.63, 3.8) is 0 Å². The van der Waals surface area contributed by atoms with E-state index in [4.69, 9.17) is 4.74 Å². The number of hydrogen-bond acceptors (Lipinski definition) is 4. The van der Waals surface area contributed by atoms with Crippen molar-refractivity contribution in [1.82, 2.24) is 19.3 Å². The van der Waals surface area contributed by atoms with E-state index in [1.165, 1.54) is 12.8 Å². The second-order valence-electron chi connectivity index (χ2n) is 7.60. The molecule has 0 amide bonds. The fourth-order valence-electron chi connectivity index (χ4n) is 3.89. The van der Waals surface area contributed by atoms with Gasteiger partial charge in [-0.15, -0.1) is 10.2 Å². The molecule has 2 aliphatic rings. The zero-order valence-corrected chi connectivity index (χ0v) is 15.4. The Labute approximate surface area is 149 Å². The van der Waals surface area contributed by atoms with Gasteiger partial charge in [0.25, 0.3) is 0 Å². The van der Waals surface area contributed by atoms with Crippen molar-refractivity contribution in [1.29, 1.82) is 0 Å². The summed E-state index contributed by atoms with van der Waals surface area (Å²) >= 11 is 0. The van der Waals surface area contributed by atoms with Gasteiger partial charge in [0.1, 0.15) is 5.60 Å². The summed E-state index contributed by atoms with van der Waals surface area (Å²) in [5.74, 6) is 2.58. The van der Waals surface area contributed by atoms with Crippen LogP contribution in [0, 0.1) is 5.92 Å². The van der Waals surface area contributed by atoms with Gasteiger partial charge >= 0.3 is 0 Å². The van der Waals surface area contributed by atoms with E-state index >= 15 is 0 Å². The van der Waals surface area contributed by atoms with Crippen LogP contribution in [0.4, 0.5) is 5.95 Å². The van der Waals surface area contributed by atoms with Gasteiger partial charge in [0.05, 0.1) is 18.8 Å². The van der Waals surface area contributed by atoms with Crippen LogP contribution in [0.1, 0.15) is 26.2 Å². The lowest BCUT2D eigenvalue weighted by Crippen LogP contribution is -2.62. The van der Waals surface area contributed by atoms with Crippen molar-refractivity contribution in [2.24, 2.45) is 13.0 Å². The Morgan fingerprint density at radius 1 is 1.28 bits per heavy atom. The number of aryl methyl sites for hydroxylation is 1. The minimum absolute atomic E-state index is 0.0739. The lowest BCUT2D eigenvalue weighted by molar-refractivity contribution is -0.0179. The number of allylic oxidation sites excluding steroid dienone is 2. The summed E-state index contributed by atoms with van der Waals surface area (Å²) in [6.45, 7) is 4.83. The van der Waals surface area contributed by atoms with Crippen LogP contribution in [0.25, 0.3) is 11.5 Å². The smallest absolute Gasteiger partial charge is 0.227 e. The van der Waals surface area contributed by atoms with E-state index in [0.717, 1.165) is 43.5 Å². The van der Waals surface area contributed by atoms with Crippen molar-refractivity contribution >= 4 is 5.95 Å². The van der Waals surface area contributed by atoms with Crippen LogP contribution in [-0.2, 0) is 18.3 Å². The molecule has 0 radical (unpaired) electrons. The fourth-order valence-corrected chi connectivity index (χ4v) is 3.89. The molecule has 3 heterocycles. The molecule has 2 aromatic rings. The SMILES string of the molecule is COC1(C)CN(c2nnc(-c3cccn3C)n2CC2CC=CCC2)C1. The summed E-state index contributed by atoms with van der Waals surface area (Å²) in [4.78, 5) is 2.28. The highest BCUT2D eigenvalue weighted by Gasteiger charge is 2.41. The second kappa shape index (κ2) is 6.33. The molecule has 0 aromatic carbocycles. The van der Waals surface area contributed by atoms with Crippen LogP contribution in [0.15, 0.2) is 30.5 Å². The normalized spacial score (nSPS) is 22.2. The Balaban J connectivity index is 1.66. The van der Waals surface area contributed by atoms with E-state index in [2.05, 4.69) is 68.7 Å². The van der Waals surface area contributed by atoms with Gasteiger partial charge in [0.15, 0.2) is 5.82 Å². The largest absolute Gasteiger partial charge is 0.375 e. The molecular weight excluding hydrogens is 314 g/mol. The molecule has 2 aromatic heterocycles. The fraction of sp³-hybridized carbons (Fsp3) is 0.579. The summed E-state index contributed by atoms with van der Waals surface area (Å²) in [5.41, 5.74) is 1.04. The Morgan fingerprint density at radius 3 is 2.76 bits per heavy atom. The molecule has 1 saturated heterocycles. The predicted octanol–water partition coefficient (Wildman–Crippen LogP) is 2.87. The summed E-state index contributed by atoms with van der Waals surface area (Å²) in [6.07, 6.45) is 10.2. The molecule has 0 bridgehead atoms. The predicted molar refractivity (Wildman–Crippen MR) is 98.5 cm³/mol. The first-order chi connectivity index (χ1) is 12.1. The van der Waals surface area contributed by atoms with Crippen LogP contribution in [0.5, 0.6) is 0 Å². The number of rotatable bonds is 5. The van der Waals surface area contributed by atoms with Crippen molar-refractivity contribution in [3.05, 3.63) is 30.5 Å². The highest BCUT2D eigenvalue weighted by Crippen LogP contribution is 2.33. The maximum absolute atomic E-state index is 5.60. The summed E-state index contributed by atoms with van der Waals surface area (Å²) in [5, 5.41) is 9.11. The van der Waals surface area contributed by atoms with Crippen LogP contribution in [0.3, 0.4) is 0 Å². The van der Waals surface area contributed by atoms with Gasteiger partial charge in [-0.2, -0.15) is 0 Å². The summed E-state index contributed by atoms with van der Waals surface area (Å²) < 4.78 is 10.0. The molecule has 6 heteroatoms. The van der Waals surface area contributed by atoms with Gasteiger partial charge in [-0.25, -0.2) is 0 Å². The maximum Gasteiger partial charge on any atom is 0.227 e. The molecule has 25 heavy (non-hydrogen) atoms. The third-order valence-electron chi connectivity index (χ3n) is 5.55. The highest BCUT2D eigenvalue weighted by molar-refractivity contribution is 5.55. The van der Waals surface area contributed by atoms with E-state index < -0.39 is 0 Å². The van der Waals surface area contributed by atoms with Crippen molar-refractivity contribution in [3.8, 4) is 11.5 Å². The molecule has 1 fully saturated rings. The van der Waals surface area contributed by atoms with E-state index in [1.54, 1.807) is 7.11 Å². The molecule has 6 nitrogen and oxygen atoms in total. The molecular formula is C19H27N5O. The van der Waals surface area contributed by atoms with Crippen LogP contribution in [-0.4, -0.2) is 45.1 Å². The second-order valence-corrected chi connectivity index (χ2v) is 7.60. The molecule has 1 atom stereocenters. The van der Waals surface area contributed by atoms with Crippen molar-refractivity contribution < 1.29 is 4.74 Å². The first-order valence-corrected chi connectivity index (χ1v) is 9.10. The zero-order valence-electron chi connectivity index (χ0n) is 15.4. The quantitative estimate of drug-likeness (QED) is 0.785. The van der Waals surface area contributed by atoms with Crippen molar-refractivity contribution in [2.45, 2.75) is 38.3 Å². The molecule has 1 aliphatic carbocycles. The number of hydrogen-bond donors (Lipinski definition) is 0. The van der Waals surface area contributed by atoms with Crippen LogP contribution in [0.2, 0.25) is 0 Å². The van der Waals surface area contributed by atoms with Gasteiger partial charge in [0.2, 0.25) is 5.95 Å². The first kappa shape index (κ1) is 16.4. The van der Waals surface area contributed by atoms with Crippen LogP contribution >= 0.6 is 0 Å². The lowest BCUT2D eigenvalue weighted by Gasteiger charge is -2.47. The Bertz CT molecular complexity index is 769. The number of aromatic nitrogens is 4.